The van der Waals surface area contributed by atoms with Crippen LogP contribution in [-0.4, -0.2) is 57.6 Å². The van der Waals surface area contributed by atoms with Crippen LogP contribution < -0.4 is 15.8 Å². The summed E-state index contributed by atoms with van der Waals surface area (Å²) in [6.45, 7) is 1.05. The molecule has 1 atom stereocenters. The van der Waals surface area contributed by atoms with Crippen molar-refractivity contribution >= 4 is 60.7 Å². The zero-order chi connectivity index (χ0) is 22.2. The third kappa shape index (κ3) is 3.65. The van der Waals surface area contributed by atoms with Gasteiger partial charge in [0.25, 0.3) is 0 Å². The normalized spacial score (nSPS) is 15.7. The van der Waals surface area contributed by atoms with E-state index >= 15 is 0 Å². The van der Waals surface area contributed by atoms with E-state index in [0.29, 0.717) is 18.8 Å². The van der Waals surface area contributed by atoms with E-state index in [1.54, 1.807) is 29.7 Å². The van der Waals surface area contributed by atoms with Gasteiger partial charge in [-0.05, 0) is 42.4 Å². The molecule has 11 heteroatoms. The zero-order valence-electron chi connectivity index (χ0n) is 17.8. The van der Waals surface area contributed by atoms with Gasteiger partial charge in [0.2, 0.25) is 5.91 Å². The number of ether oxygens (including phenoxy) is 1. The number of aryl methyl sites for hydroxylation is 1. The lowest BCUT2D eigenvalue weighted by atomic mass is 9.87. The summed E-state index contributed by atoms with van der Waals surface area (Å²) in [5, 5.41) is 8.59. The first kappa shape index (κ1) is 21.0. The largest absolute Gasteiger partial charge is 0.494 e. The first-order valence-corrected chi connectivity index (χ1v) is 12.0. The molecular weight excluding hydrogens is 446 g/mol. The fraction of sp³-hybridized carbons (Fsp3) is 0.381. The average molecular weight is 470 g/mol. The maximum atomic E-state index is 12.8. The molecule has 5 rings (SSSR count). The number of nitrogens with one attached hydrogen (secondary N) is 1. The average Bonchev–Trinajstić information content (AvgIpc) is 3.41. The Labute approximate surface area is 192 Å². The number of fused-ring (bicyclic) bond motifs is 4. The van der Waals surface area contributed by atoms with Gasteiger partial charge in [-0.25, -0.2) is 9.97 Å². The maximum Gasteiger partial charge on any atom is 0.225 e. The standard InChI is InChI=1S/C21H23N7O2S2/c1-28(6-5-22)21(29)11-3-4-12-16(7-11)31-20-18(12)19(23-10-24-20)25-13-9-17-14(26-27-32-17)8-15(13)30-2/h8-11H,3-7,22H2,1-2H3,(H,23,24,25). The number of nitrogens with zero attached hydrogens (tertiary/aromatic N) is 5. The Hall–Kier alpha value is -2.89. The molecule has 0 radical (unpaired) electrons. The van der Waals surface area contributed by atoms with Crippen LogP contribution in [0.5, 0.6) is 5.75 Å². The van der Waals surface area contributed by atoms with E-state index in [2.05, 4.69) is 24.9 Å². The highest BCUT2D eigenvalue weighted by atomic mass is 32.1. The third-order valence-corrected chi connectivity index (χ3v) is 7.71. The Morgan fingerprint density at radius 1 is 1.38 bits per heavy atom. The van der Waals surface area contributed by atoms with E-state index in [0.717, 1.165) is 51.2 Å². The van der Waals surface area contributed by atoms with Crippen LogP contribution in [0, 0.1) is 5.92 Å². The predicted octanol–water partition coefficient (Wildman–Crippen LogP) is 2.97. The summed E-state index contributed by atoms with van der Waals surface area (Å²) in [5.74, 6) is 1.57. The highest BCUT2D eigenvalue weighted by molar-refractivity contribution is 7.19. The van der Waals surface area contributed by atoms with E-state index in [1.807, 2.05) is 19.2 Å². The van der Waals surface area contributed by atoms with Crippen molar-refractivity contribution in [3.05, 3.63) is 28.9 Å². The Bertz CT molecular complexity index is 1300. The molecule has 1 unspecified atom stereocenters. The summed E-state index contributed by atoms with van der Waals surface area (Å²) in [6, 6.07) is 3.85. The van der Waals surface area contributed by atoms with Gasteiger partial charge in [-0.15, -0.1) is 16.4 Å². The molecule has 4 aromatic rings. The number of nitrogens with two attached hydrogens (primary N) is 1. The minimum absolute atomic E-state index is 0.0159. The first-order chi connectivity index (χ1) is 15.6. The van der Waals surface area contributed by atoms with E-state index < -0.39 is 0 Å². The number of thiophene rings is 1. The van der Waals surface area contributed by atoms with Crippen molar-refractivity contribution in [2.45, 2.75) is 19.3 Å². The van der Waals surface area contributed by atoms with Crippen LogP contribution in [0.3, 0.4) is 0 Å². The highest BCUT2D eigenvalue weighted by Gasteiger charge is 2.30. The highest BCUT2D eigenvalue weighted by Crippen LogP contribution is 2.42. The molecule has 1 aliphatic carbocycles. The molecule has 3 N–H and O–H groups in total. The van der Waals surface area contributed by atoms with Crippen LogP contribution in [0.15, 0.2) is 18.5 Å². The lowest BCUT2D eigenvalue weighted by Crippen LogP contribution is -2.38. The number of carbonyl (C=O) groups excluding carboxylic acids is 1. The lowest BCUT2D eigenvalue weighted by Gasteiger charge is -2.26. The number of carbonyl (C=O) groups is 1. The van der Waals surface area contributed by atoms with Crippen molar-refractivity contribution in [1.82, 2.24) is 24.5 Å². The minimum atomic E-state index is -0.0159. The molecule has 0 aliphatic heterocycles. The summed E-state index contributed by atoms with van der Waals surface area (Å²) >= 11 is 2.99. The fourth-order valence-electron chi connectivity index (χ4n) is 4.23. The van der Waals surface area contributed by atoms with Gasteiger partial charge in [0.15, 0.2) is 0 Å². The van der Waals surface area contributed by atoms with Crippen LogP contribution >= 0.6 is 22.9 Å². The number of benzene rings is 1. The molecule has 1 amide bonds. The van der Waals surface area contributed by atoms with Gasteiger partial charge in [-0.3, -0.25) is 4.79 Å². The van der Waals surface area contributed by atoms with Gasteiger partial charge in [0.05, 0.1) is 22.9 Å². The van der Waals surface area contributed by atoms with Crippen LogP contribution in [0.2, 0.25) is 0 Å². The molecule has 0 spiro atoms. The Kier molecular flexibility index (Phi) is 5.62. The van der Waals surface area contributed by atoms with Gasteiger partial charge in [0.1, 0.15) is 28.2 Å². The number of likely N-dealkylation sites (N-methyl/N-ethyl adjacent to an activating group) is 1. The summed E-state index contributed by atoms with van der Waals surface area (Å²) in [5.41, 5.74) is 8.46. The van der Waals surface area contributed by atoms with E-state index in [1.165, 1.54) is 22.0 Å². The summed E-state index contributed by atoms with van der Waals surface area (Å²) in [7, 11) is 3.46. The number of methoxy groups -OCH3 is 1. The number of anilines is 2. The molecule has 3 aromatic heterocycles. The number of aromatic nitrogens is 4. The van der Waals surface area contributed by atoms with Crippen molar-refractivity contribution in [1.29, 1.82) is 0 Å². The van der Waals surface area contributed by atoms with Gasteiger partial charge < -0.3 is 20.7 Å². The molecule has 1 aromatic carbocycles. The Balaban J connectivity index is 1.49. The maximum absolute atomic E-state index is 12.8. The molecule has 32 heavy (non-hydrogen) atoms. The Morgan fingerprint density at radius 2 is 2.25 bits per heavy atom. The molecule has 1 aliphatic rings. The molecule has 0 saturated carbocycles. The van der Waals surface area contributed by atoms with Crippen LogP contribution in [-0.2, 0) is 17.6 Å². The van der Waals surface area contributed by atoms with Crippen molar-refractivity contribution < 1.29 is 9.53 Å². The molecule has 0 fully saturated rings. The lowest BCUT2D eigenvalue weighted by molar-refractivity contribution is -0.134. The number of rotatable bonds is 6. The second-order valence-electron chi connectivity index (χ2n) is 7.81. The van der Waals surface area contributed by atoms with Crippen molar-refractivity contribution in [3.8, 4) is 5.75 Å². The zero-order valence-corrected chi connectivity index (χ0v) is 19.4. The second-order valence-corrected chi connectivity index (χ2v) is 9.68. The number of hydrogen-bond acceptors (Lipinski definition) is 10. The molecule has 0 bridgehead atoms. The summed E-state index contributed by atoms with van der Waals surface area (Å²) in [4.78, 5) is 25.7. The van der Waals surface area contributed by atoms with E-state index in [4.69, 9.17) is 10.5 Å². The third-order valence-electron chi connectivity index (χ3n) is 5.86. The monoisotopic (exact) mass is 469 g/mol. The van der Waals surface area contributed by atoms with Crippen LogP contribution in [0.4, 0.5) is 11.5 Å². The molecule has 9 nitrogen and oxygen atoms in total. The first-order valence-electron chi connectivity index (χ1n) is 10.4. The minimum Gasteiger partial charge on any atom is -0.494 e. The molecule has 166 valence electrons. The number of amides is 1. The quantitative estimate of drug-likeness (QED) is 0.442. The molecule has 0 saturated heterocycles. The van der Waals surface area contributed by atoms with Crippen molar-refractivity contribution in [2.75, 3.05) is 32.6 Å². The molecular formula is C21H23N7O2S2. The van der Waals surface area contributed by atoms with Gasteiger partial charge in [-0.1, -0.05) is 4.49 Å². The van der Waals surface area contributed by atoms with E-state index in [-0.39, 0.29) is 11.8 Å². The van der Waals surface area contributed by atoms with Gasteiger partial charge >= 0.3 is 0 Å². The van der Waals surface area contributed by atoms with E-state index in [9.17, 15) is 4.79 Å². The SMILES string of the molecule is COc1cc2nnsc2cc1Nc1ncnc2sc3c(c12)CCC(C(=O)N(C)CCN)C3. The molecule has 3 heterocycles. The van der Waals surface area contributed by atoms with Gasteiger partial charge in [-0.2, -0.15) is 0 Å². The predicted molar refractivity (Wildman–Crippen MR) is 127 cm³/mol. The smallest absolute Gasteiger partial charge is 0.225 e. The fourth-order valence-corrected chi connectivity index (χ4v) is 6.08. The summed E-state index contributed by atoms with van der Waals surface area (Å²) < 4.78 is 10.5. The van der Waals surface area contributed by atoms with Crippen molar-refractivity contribution in [2.24, 2.45) is 11.7 Å². The Morgan fingerprint density at radius 3 is 3.06 bits per heavy atom. The summed E-state index contributed by atoms with van der Waals surface area (Å²) in [6.07, 6.45) is 3.93. The van der Waals surface area contributed by atoms with Crippen molar-refractivity contribution in [3.63, 3.8) is 0 Å². The number of hydrogen-bond donors (Lipinski definition) is 2. The van der Waals surface area contributed by atoms with Crippen LogP contribution in [0.25, 0.3) is 20.4 Å². The topological polar surface area (TPSA) is 119 Å². The van der Waals surface area contributed by atoms with Gasteiger partial charge in [0, 0.05) is 37.0 Å². The second kappa shape index (κ2) is 8.57. The van der Waals surface area contributed by atoms with Crippen LogP contribution in [0.1, 0.15) is 16.9 Å².